The normalized spacial score (nSPS) is 9.96. The van der Waals surface area contributed by atoms with Crippen molar-refractivity contribution in [2.24, 2.45) is 0 Å². The summed E-state index contributed by atoms with van der Waals surface area (Å²) in [5.41, 5.74) is 0.906. The lowest BCUT2D eigenvalue weighted by atomic mass is 10.1. The molecule has 0 bridgehead atoms. The lowest BCUT2D eigenvalue weighted by molar-refractivity contribution is -0.123. The Morgan fingerprint density at radius 3 is 2.21 bits per heavy atom. The fourth-order valence-corrected chi connectivity index (χ4v) is 2.42. The van der Waals surface area contributed by atoms with Crippen LogP contribution in [0.25, 0.3) is 0 Å². The SMILES string of the molecule is CCOC(=O)c1ccccc1NC(=O)CC(=O)Nc1ccc(OC)cc1OC. The van der Waals surface area contributed by atoms with E-state index >= 15 is 0 Å². The summed E-state index contributed by atoms with van der Waals surface area (Å²) in [6.07, 6.45) is -0.438. The van der Waals surface area contributed by atoms with Crippen molar-refractivity contribution in [3.05, 3.63) is 48.0 Å². The Bertz CT molecular complexity index is 866. The molecule has 8 nitrogen and oxygen atoms in total. The van der Waals surface area contributed by atoms with Crippen LogP contribution in [-0.2, 0) is 14.3 Å². The number of carbonyl (C=O) groups excluding carboxylic acids is 3. The average Bonchev–Trinajstić information content (AvgIpc) is 2.68. The fourth-order valence-electron chi connectivity index (χ4n) is 2.42. The molecule has 0 spiro atoms. The van der Waals surface area contributed by atoms with Crippen LogP contribution in [0.4, 0.5) is 11.4 Å². The third-order valence-corrected chi connectivity index (χ3v) is 3.70. The van der Waals surface area contributed by atoms with Gasteiger partial charge in [0.25, 0.3) is 0 Å². The second-order valence-corrected chi connectivity index (χ2v) is 5.61. The van der Waals surface area contributed by atoms with E-state index < -0.39 is 24.2 Å². The minimum Gasteiger partial charge on any atom is -0.497 e. The number of hydrogen-bond acceptors (Lipinski definition) is 6. The van der Waals surface area contributed by atoms with Gasteiger partial charge in [-0.3, -0.25) is 9.59 Å². The van der Waals surface area contributed by atoms with Crippen molar-refractivity contribution in [3.8, 4) is 11.5 Å². The Labute approximate surface area is 162 Å². The van der Waals surface area contributed by atoms with Gasteiger partial charge >= 0.3 is 5.97 Å². The molecule has 0 aliphatic carbocycles. The Balaban J connectivity index is 2.02. The Morgan fingerprint density at radius 2 is 1.57 bits per heavy atom. The molecule has 28 heavy (non-hydrogen) atoms. The number of benzene rings is 2. The average molecular weight is 386 g/mol. The molecule has 0 saturated carbocycles. The van der Waals surface area contributed by atoms with Crippen LogP contribution in [0, 0.1) is 0 Å². The first-order valence-corrected chi connectivity index (χ1v) is 8.56. The van der Waals surface area contributed by atoms with Crippen LogP contribution in [0.5, 0.6) is 11.5 Å². The van der Waals surface area contributed by atoms with Crippen LogP contribution in [-0.4, -0.2) is 38.6 Å². The molecule has 2 N–H and O–H groups in total. The van der Waals surface area contributed by atoms with E-state index in [9.17, 15) is 14.4 Å². The molecule has 148 valence electrons. The lowest BCUT2D eigenvalue weighted by Gasteiger charge is -2.12. The van der Waals surface area contributed by atoms with Gasteiger partial charge in [-0.05, 0) is 31.2 Å². The first-order chi connectivity index (χ1) is 13.5. The Kier molecular flexibility index (Phi) is 7.38. The van der Waals surface area contributed by atoms with Crippen LogP contribution in [0.1, 0.15) is 23.7 Å². The Morgan fingerprint density at radius 1 is 0.893 bits per heavy atom. The summed E-state index contributed by atoms with van der Waals surface area (Å²) in [5, 5.41) is 5.18. The molecule has 2 aromatic carbocycles. The first-order valence-electron chi connectivity index (χ1n) is 8.56. The summed E-state index contributed by atoms with van der Waals surface area (Å²) in [7, 11) is 2.98. The second kappa shape index (κ2) is 9.96. The van der Waals surface area contributed by atoms with Gasteiger partial charge in [0, 0.05) is 6.07 Å². The topological polar surface area (TPSA) is 103 Å². The summed E-state index contributed by atoms with van der Waals surface area (Å²) in [4.78, 5) is 36.4. The standard InChI is InChI=1S/C20H22N2O6/c1-4-28-20(25)14-7-5-6-8-15(14)21-18(23)12-19(24)22-16-10-9-13(26-2)11-17(16)27-3/h5-11H,4,12H2,1-3H3,(H,21,23)(H,22,24). The van der Waals surface area contributed by atoms with Gasteiger partial charge in [-0.25, -0.2) is 4.79 Å². The number of amides is 2. The number of methoxy groups -OCH3 is 2. The highest BCUT2D eigenvalue weighted by atomic mass is 16.5. The molecular formula is C20H22N2O6. The number of carbonyl (C=O) groups is 3. The van der Waals surface area contributed by atoms with E-state index in [4.69, 9.17) is 14.2 Å². The van der Waals surface area contributed by atoms with Gasteiger partial charge in [-0.15, -0.1) is 0 Å². The van der Waals surface area contributed by atoms with E-state index in [-0.39, 0.29) is 17.9 Å². The number of anilines is 2. The maximum absolute atomic E-state index is 12.2. The number of hydrogen-bond donors (Lipinski definition) is 2. The van der Waals surface area contributed by atoms with Crippen LogP contribution in [0.15, 0.2) is 42.5 Å². The van der Waals surface area contributed by atoms with Gasteiger partial charge in [0.05, 0.1) is 37.8 Å². The fraction of sp³-hybridized carbons (Fsp3) is 0.250. The highest BCUT2D eigenvalue weighted by molar-refractivity contribution is 6.10. The highest BCUT2D eigenvalue weighted by Gasteiger charge is 2.17. The van der Waals surface area contributed by atoms with Gasteiger partial charge in [0.2, 0.25) is 11.8 Å². The van der Waals surface area contributed by atoms with E-state index in [0.29, 0.717) is 17.2 Å². The van der Waals surface area contributed by atoms with Crippen molar-refractivity contribution < 1.29 is 28.6 Å². The zero-order valence-corrected chi connectivity index (χ0v) is 15.9. The molecule has 8 heteroatoms. The van der Waals surface area contributed by atoms with Gasteiger partial charge in [0.1, 0.15) is 17.9 Å². The van der Waals surface area contributed by atoms with E-state index in [1.165, 1.54) is 20.3 Å². The number of rotatable bonds is 8. The largest absolute Gasteiger partial charge is 0.497 e. The zero-order chi connectivity index (χ0) is 20.5. The molecule has 2 amide bonds. The summed E-state index contributed by atoms with van der Waals surface area (Å²) in [5.74, 6) is -0.675. The third-order valence-electron chi connectivity index (χ3n) is 3.70. The van der Waals surface area contributed by atoms with Gasteiger partial charge in [0.15, 0.2) is 0 Å². The van der Waals surface area contributed by atoms with E-state index in [1.807, 2.05) is 0 Å². The molecule has 0 heterocycles. The van der Waals surface area contributed by atoms with Crippen molar-refractivity contribution in [1.29, 1.82) is 0 Å². The molecule has 2 aromatic rings. The van der Waals surface area contributed by atoms with Crippen LogP contribution in [0.3, 0.4) is 0 Å². The van der Waals surface area contributed by atoms with Gasteiger partial charge in [-0.2, -0.15) is 0 Å². The molecule has 2 rings (SSSR count). The van der Waals surface area contributed by atoms with Crippen molar-refractivity contribution in [2.75, 3.05) is 31.5 Å². The van der Waals surface area contributed by atoms with Crippen LogP contribution < -0.4 is 20.1 Å². The molecule has 0 aliphatic heterocycles. The first kappa shape index (κ1) is 20.8. The quantitative estimate of drug-likeness (QED) is 0.534. The monoisotopic (exact) mass is 386 g/mol. The Hall–Kier alpha value is -3.55. The highest BCUT2D eigenvalue weighted by Crippen LogP contribution is 2.29. The number of para-hydroxylation sites is 1. The van der Waals surface area contributed by atoms with Gasteiger partial charge in [-0.1, -0.05) is 12.1 Å². The summed E-state index contributed by atoms with van der Waals surface area (Å²) < 4.78 is 15.3. The summed E-state index contributed by atoms with van der Waals surface area (Å²) >= 11 is 0. The molecular weight excluding hydrogens is 364 g/mol. The molecule has 0 aliphatic rings. The van der Waals surface area contributed by atoms with Crippen molar-refractivity contribution in [1.82, 2.24) is 0 Å². The van der Waals surface area contributed by atoms with Crippen molar-refractivity contribution in [3.63, 3.8) is 0 Å². The smallest absolute Gasteiger partial charge is 0.340 e. The number of nitrogens with one attached hydrogen (secondary N) is 2. The van der Waals surface area contributed by atoms with E-state index in [0.717, 1.165) is 0 Å². The predicted molar refractivity (Wildman–Crippen MR) is 104 cm³/mol. The zero-order valence-electron chi connectivity index (χ0n) is 15.9. The van der Waals surface area contributed by atoms with E-state index in [1.54, 1.807) is 43.3 Å². The summed E-state index contributed by atoms with van der Waals surface area (Å²) in [6, 6.07) is 11.3. The second-order valence-electron chi connectivity index (χ2n) is 5.61. The lowest BCUT2D eigenvalue weighted by Crippen LogP contribution is -2.22. The van der Waals surface area contributed by atoms with Gasteiger partial charge < -0.3 is 24.8 Å². The summed E-state index contributed by atoms with van der Waals surface area (Å²) in [6.45, 7) is 1.91. The minimum atomic E-state index is -0.568. The molecule has 0 saturated heterocycles. The van der Waals surface area contributed by atoms with Crippen LogP contribution >= 0.6 is 0 Å². The maximum Gasteiger partial charge on any atom is 0.340 e. The molecule has 0 fully saturated rings. The molecule has 0 radical (unpaired) electrons. The molecule has 0 aromatic heterocycles. The van der Waals surface area contributed by atoms with Crippen LogP contribution in [0.2, 0.25) is 0 Å². The predicted octanol–water partition coefficient (Wildman–Crippen LogP) is 2.85. The van der Waals surface area contributed by atoms with Crippen molar-refractivity contribution >= 4 is 29.2 Å². The number of esters is 1. The molecule has 0 unspecified atom stereocenters. The maximum atomic E-state index is 12.2. The minimum absolute atomic E-state index is 0.215. The van der Waals surface area contributed by atoms with Crippen molar-refractivity contribution in [2.45, 2.75) is 13.3 Å². The number of ether oxygens (including phenoxy) is 3. The molecule has 0 atom stereocenters. The third kappa shape index (κ3) is 5.47. The van der Waals surface area contributed by atoms with E-state index in [2.05, 4.69) is 10.6 Å².